The molecule has 114 valence electrons. The first-order valence-electron chi connectivity index (χ1n) is 6.88. The van der Waals surface area contributed by atoms with E-state index < -0.39 is 0 Å². The molecule has 2 aromatic carbocycles. The zero-order chi connectivity index (χ0) is 15.4. The molecule has 0 spiro atoms. The minimum Gasteiger partial charge on any atom is -0.453 e. The van der Waals surface area contributed by atoms with E-state index in [4.69, 9.17) is 19.1 Å². The molecule has 0 bridgehead atoms. The third kappa shape index (κ3) is 2.64. The number of nitrogens with zero attached hydrogens (tertiary/aromatic N) is 1. The van der Waals surface area contributed by atoms with Gasteiger partial charge in [0.05, 0.1) is 14.2 Å². The van der Waals surface area contributed by atoms with Crippen LogP contribution in [-0.4, -0.2) is 21.0 Å². The zero-order valence-electron chi connectivity index (χ0n) is 12.5. The maximum absolute atomic E-state index is 5.71. The Morgan fingerprint density at radius 2 is 1.45 bits per heavy atom. The molecule has 22 heavy (non-hydrogen) atoms. The van der Waals surface area contributed by atoms with Crippen molar-refractivity contribution in [3.63, 3.8) is 0 Å². The highest BCUT2D eigenvalue weighted by Crippen LogP contribution is 2.37. The van der Waals surface area contributed by atoms with Crippen molar-refractivity contribution < 1.29 is 19.1 Å². The van der Waals surface area contributed by atoms with Gasteiger partial charge in [-0.05, 0) is 12.1 Å². The van der Waals surface area contributed by atoms with Crippen molar-refractivity contribution in [2.75, 3.05) is 26.2 Å². The number of benzene rings is 2. The summed E-state index contributed by atoms with van der Waals surface area (Å²) in [5, 5.41) is 1.33. The second-order valence-electron chi connectivity index (χ2n) is 4.57. The molecule has 5 heteroatoms. The highest BCUT2D eigenvalue weighted by molar-refractivity contribution is 5.89. The van der Waals surface area contributed by atoms with Crippen LogP contribution in [0.1, 0.15) is 11.1 Å². The first-order valence-corrected chi connectivity index (χ1v) is 6.88. The summed E-state index contributed by atoms with van der Waals surface area (Å²) in [5.41, 5.74) is 2.54. The van der Waals surface area contributed by atoms with Crippen LogP contribution >= 0.6 is 0 Å². The number of para-hydroxylation sites is 1. The lowest BCUT2D eigenvalue weighted by Crippen LogP contribution is -2.21. The number of anilines is 1. The molecule has 5 nitrogen and oxygen atoms in total. The Kier molecular flexibility index (Phi) is 4.27. The van der Waals surface area contributed by atoms with Gasteiger partial charge in [0.25, 0.3) is 0 Å². The summed E-state index contributed by atoms with van der Waals surface area (Å²) >= 11 is 0. The van der Waals surface area contributed by atoms with Crippen LogP contribution in [-0.2, 0) is 19.1 Å². The van der Waals surface area contributed by atoms with Gasteiger partial charge in [-0.15, -0.1) is 5.23 Å². The summed E-state index contributed by atoms with van der Waals surface area (Å²) in [5.74, 6) is 1.38. The van der Waals surface area contributed by atoms with E-state index in [1.165, 1.54) is 5.23 Å². The van der Waals surface area contributed by atoms with E-state index in [9.17, 15) is 0 Å². The van der Waals surface area contributed by atoms with E-state index in [1.54, 1.807) is 14.2 Å². The molecule has 1 heterocycles. The predicted octanol–water partition coefficient (Wildman–Crippen LogP) is 3.45. The zero-order valence-corrected chi connectivity index (χ0v) is 12.5. The summed E-state index contributed by atoms with van der Waals surface area (Å²) in [4.78, 5) is 10.4. The predicted molar refractivity (Wildman–Crippen MR) is 83.2 cm³/mol. The maximum Gasteiger partial charge on any atom is 0.231 e. The van der Waals surface area contributed by atoms with Crippen LogP contribution in [0, 0.1) is 0 Å². The largest absolute Gasteiger partial charge is 0.453 e. The van der Waals surface area contributed by atoms with Gasteiger partial charge in [-0.2, -0.15) is 0 Å². The summed E-state index contributed by atoms with van der Waals surface area (Å²) in [6.45, 7) is 0.188. The number of hydrogen-bond acceptors (Lipinski definition) is 5. The molecule has 0 aromatic heterocycles. The fourth-order valence-corrected chi connectivity index (χ4v) is 2.38. The molecule has 0 saturated carbocycles. The Labute approximate surface area is 129 Å². The normalized spacial score (nSPS) is 13.7. The van der Waals surface area contributed by atoms with E-state index in [1.807, 2.05) is 54.6 Å². The number of ether oxygens (including phenoxy) is 2. The molecule has 0 radical (unpaired) electrons. The molecule has 0 atom stereocenters. The SMILES string of the molecule is CON(OC)c1ccccc1C1=C(c2ccccc2)OCO1. The smallest absolute Gasteiger partial charge is 0.231 e. The third-order valence-electron chi connectivity index (χ3n) is 3.33. The topological polar surface area (TPSA) is 40.2 Å². The van der Waals surface area contributed by atoms with Gasteiger partial charge in [-0.3, -0.25) is 9.68 Å². The van der Waals surface area contributed by atoms with Crippen molar-refractivity contribution in [3.8, 4) is 0 Å². The minimum atomic E-state index is 0.188. The van der Waals surface area contributed by atoms with Crippen LogP contribution in [0.4, 0.5) is 5.69 Å². The van der Waals surface area contributed by atoms with Gasteiger partial charge in [-0.25, -0.2) is 0 Å². The summed E-state index contributed by atoms with van der Waals surface area (Å²) in [7, 11) is 3.08. The summed E-state index contributed by atoms with van der Waals surface area (Å²) < 4.78 is 11.4. The van der Waals surface area contributed by atoms with Crippen LogP contribution in [0.3, 0.4) is 0 Å². The molecular weight excluding hydrogens is 282 g/mol. The minimum absolute atomic E-state index is 0.188. The Balaban J connectivity index is 2.10. The van der Waals surface area contributed by atoms with Crippen molar-refractivity contribution in [1.82, 2.24) is 0 Å². The molecule has 0 unspecified atom stereocenters. The maximum atomic E-state index is 5.71. The van der Waals surface area contributed by atoms with E-state index in [0.29, 0.717) is 11.5 Å². The molecule has 2 aromatic rings. The van der Waals surface area contributed by atoms with E-state index >= 15 is 0 Å². The lowest BCUT2D eigenvalue weighted by molar-refractivity contribution is -0.0435. The Morgan fingerprint density at radius 3 is 2.18 bits per heavy atom. The monoisotopic (exact) mass is 299 g/mol. The number of rotatable bonds is 5. The van der Waals surface area contributed by atoms with Crippen LogP contribution in [0.25, 0.3) is 11.5 Å². The molecular formula is C17H17NO4. The summed E-state index contributed by atoms with van der Waals surface area (Å²) in [6, 6.07) is 17.5. The molecule has 0 amide bonds. The van der Waals surface area contributed by atoms with Crippen LogP contribution < -0.4 is 5.23 Å². The molecule has 1 aliphatic heterocycles. The van der Waals surface area contributed by atoms with Gasteiger partial charge in [0.1, 0.15) is 5.69 Å². The van der Waals surface area contributed by atoms with Gasteiger partial charge in [0.15, 0.2) is 11.5 Å². The van der Waals surface area contributed by atoms with Gasteiger partial charge in [-0.1, -0.05) is 42.5 Å². The van der Waals surface area contributed by atoms with Crippen molar-refractivity contribution in [2.45, 2.75) is 0 Å². The third-order valence-corrected chi connectivity index (χ3v) is 3.33. The highest BCUT2D eigenvalue weighted by atomic mass is 16.9. The molecule has 1 aliphatic rings. The van der Waals surface area contributed by atoms with Gasteiger partial charge in [0.2, 0.25) is 6.79 Å². The van der Waals surface area contributed by atoms with Crippen molar-refractivity contribution in [3.05, 3.63) is 65.7 Å². The Morgan fingerprint density at radius 1 is 0.818 bits per heavy atom. The first-order chi connectivity index (χ1) is 10.8. The van der Waals surface area contributed by atoms with Crippen molar-refractivity contribution >= 4 is 17.2 Å². The molecule has 0 fully saturated rings. The fourth-order valence-electron chi connectivity index (χ4n) is 2.38. The average Bonchev–Trinajstić information content (AvgIpc) is 3.07. The van der Waals surface area contributed by atoms with Crippen molar-refractivity contribution in [1.29, 1.82) is 0 Å². The lowest BCUT2D eigenvalue weighted by Gasteiger charge is -2.21. The van der Waals surface area contributed by atoms with E-state index in [2.05, 4.69) is 0 Å². The summed E-state index contributed by atoms with van der Waals surface area (Å²) in [6.07, 6.45) is 0. The Bertz CT molecular complexity index is 665. The first kappa shape index (κ1) is 14.4. The molecule has 3 rings (SSSR count). The van der Waals surface area contributed by atoms with Crippen LogP contribution in [0.5, 0.6) is 0 Å². The lowest BCUT2D eigenvalue weighted by atomic mass is 10.1. The van der Waals surface area contributed by atoms with Crippen molar-refractivity contribution in [2.24, 2.45) is 0 Å². The van der Waals surface area contributed by atoms with Crippen LogP contribution in [0.15, 0.2) is 54.6 Å². The second-order valence-corrected chi connectivity index (χ2v) is 4.57. The molecule has 0 N–H and O–H groups in total. The average molecular weight is 299 g/mol. The fraction of sp³-hybridized carbons (Fsp3) is 0.176. The van der Waals surface area contributed by atoms with Gasteiger partial charge < -0.3 is 9.47 Å². The molecule has 0 saturated heterocycles. The van der Waals surface area contributed by atoms with Gasteiger partial charge >= 0.3 is 0 Å². The number of hydrogen-bond donors (Lipinski definition) is 0. The van der Waals surface area contributed by atoms with E-state index in [0.717, 1.165) is 16.8 Å². The standard InChI is InChI=1S/C17H17NO4/c1-19-18(20-2)15-11-7-6-10-14(15)17-16(21-12-22-17)13-8-4-3-5-9-13/h3-11H,12H2,1-2H3. The Hall–Kier alpha value is -2.50. The van der Waals surface area contributed by atoms with Gasteiger partial charge in [0, 0.05) is 11.1 Å². The highest BCUT2D eigenvalue weighted by Gasteiger charge is 2.25. The quantitative estimate of drug-likeness (QED) is 0.791. The van der Waals surface area contributed by atoms with E-state index in [-0.39, 0.29) is 6.79 Å². The second kappa shape index (κ2) is 6.51. The van der Waals surface area contributed by atoms with Crippen LogP contribution in [0.2, 0.25) is 0 Å². The molecule has 0 aliphatic carbocycles.